The van der Waals surface area contributed by atoms with E-state index in [1.807, 2.05) is 24.3 Å². The third-order valence-electron chi connectivity index (χ3n) is 5.05. The first-order chi connectivity index (χ1) is 13.8. The highest BCUT2D eigenvalue weighted by Crippen LogP contribution is 2.38. The van der Waals surface area contributed by atoms with Gasteiger partial charge < -0.3 is 4.52 Å². The van der Waals surface area contributed by atoms with Crippen molar-refractivity contribution < 1.29 is 4.52 Å². The van der Waals surface area contributed by atoms with Crippen molar-refractivity contribution in [1.82, 2.24) is 24.9 Å². The second-order valence-corrected chi connectivity index (χ2v) is 8.44. The van der Waals surface area contributed by atoms with E-state index in [1.165, 1.54) is 12.8 Å². The van der Waals surface area contributed by atoms with Crippen LogP contribution in [0.15, 0.2) is 33.9 Å². The van der Waals surface area contributed by atoms with E-state index in [4.69, 9.17) is 16.1 Å². The molecule has 0 aliphatic heterocycles. The van der Waals surface area contributed by atoms with Crippen LogP contribution in [0.25, 0.3) is 11.4 Å². The summed E-state index contributed by atoms with van der Waals surface area (Å²) in [4.78, 5) is 4.49. The molecule has 0 atom stereocenters. The molecule has 0 spiro atoms. The zero-order chi connectivity index (χ0) is 19.3. The summed E-state index contributed by atoms with van der Waals surface area (Å²) in [7, 11) is 0. The van der Waals surface area contributed by atoms with Crippen LogP contribution in [0.5, 0.6) is 0 Å². The summed E-state index contributed by atoms with van der Waals surface area (Å²) in [5.41, 5.74) is 0.928. The maximum absolute atomic E-state index is 6.44. The minimum absolute atomic E-state index is 0.411. The molecular formula is C20H24ClN5OS. The average Bonchev–Trinajstić information content (AvgIpc) is 3.45. The van der Waals surface area contributed by atoms with Crippen molar-refractivity contribution in [3.8, 4) is 11.4 Å². The van der Waals surface area contributed by atoms with E-state index < -0.39 is 0 Å². The summed E-state index contributed by atoms with van der Waals surface area (Å²) in [5, 5.41) is 14.7. The molecule has 1 saturated carbocycles. The molecule has 28 heavy (non-hydrogen) atoms. The second kappa shape index (κ2) is 9.09. The van der Waals surface area contributed by atoms with Gasteiger partial charge in [0, 0.05) is 18.0 Å². The number of thioether (sulfide) groups is 1. The number of unbranched alkanes of at least 4 members (excludes halogenated alkanes) is 1. The summed E-state index contributed by atoms with van der Waals surface area (Å²) < 4.78 is 7.60. The molecule has 0 unspecified atom stereocenters. The van der Waals surface area contributed by atoms with Gasteiger partial charge >= 0.3 is 0 Å². The number of aromatic nitrogens is 5. The Labute approximate surface area is 174 Å². The van der Waals surface area contributed by atoms with Gasteiger partial charge in [-0.25, -0.2) is 0 Å². The Hall–Kier alpha value is -1.86. The predicted octanol–water partition coefficient (Wildman–Crippen LogP) is 5.73. The SMILES string of the molecule is CCCCc1nc(CSc2nnc(-c3ccccc3Cl)n2C2CCCC2)no1. The molecule has 0 bridgehead atoms. The van der Waals surface area contributed by atoms with E-state index in [2.05, 4.69) is 31.8 Å². The van der Waals surface area contributed by atoms with Gasteiger partial charge in [0.2, 0.25) is 5.89 Å². The summed E-state index contributed by atoms with van der Waals surface area (Å²) in [6.07, 6.45) is 7.77. The van der Waals surface area contributed by atoms with E-state index in [0.29, 0.717) is 28.5 Å². The Kier molecular flexibility index (Phi) is 6.32. The lowest BCUT2D eigenvalue weighted by molar-refractivity contribution is 0.371. The molecule has 0 amide bonds. The molecule has 0 radical (unpaired) electrons. The lowest BCUT2D eigenvalue weighted by Crippen LogP contribution is -2.08. The lowest BCUT2D eigenvalue weighted by Gasteiger charge is -2.17. The number of hydrogen-bond donors (Lipinski definition) is 0. The van der Waals surface area contributed by atoms with Crippen LogP contribution in [0, 0.1) is 0 Å². The Bertz CT molecular complexity index is 919. The zero-order valence-corrected chi connectivity index (χ0v) is 17.5. The van der Waals surface area contributed by atoms with Gasteiger partial charge in [-0.05, 0) is 31.4 Å². The highest BCUT2D eigenvalue weighted by molar-refractivity contribution is 7.98. The van der Waals surface area contributed by atoms with E-state index >= 15 is 0 Å². The van der Waals surface area contributed by atoms with Crippen molar-refractivity contribution in [3.05, 3.63) is 41.0 Å². The van der Waals surface area contributed by atoms with Crippen molar-refractivity contribution in [2.75, 3.05) is 0 Å². The molecule has 3 aromatic rings. The molecule has 1 fully saturated rings. The van der Waals surface area contributed by atoms with E-state index in [-0.39, 0.29) is 0 Å². The molecule has 2 heterocycles. The topological polar surface area (TPSA) is 69.6 Å². The zero-order valence-electron chi connectivity index (χ0n) is 16.0. The molecule has 2 aromatic heterocycles. The summed E-state index contributed by atoms with van der Waals surface area (Å²) in [6, 6.07) is 8.23. The predicted molar refractivity (Wildman–Crippen MR) is 110 cm³/mol. The number of aryl methyl sites for hydroxylation is 1. The van der Waals surface area contributed by atoms with Crippen LogP contribution in [0.4, 0.5) is 0 Å². The second-order valence-electron chi connectivity index (χ2n) is 7.09. The molecule has 8 heteroatoms. The number of benzene rings is 1. The molecule has 0 N–H and O–H groups in total. The number of rotatable bonds is 8. The third-order valence-corrected chi connectivity index (χ3v) is 6.32. The van der Waals surface area contributed by atoms with Gasteiger partial charge in [-0.3, -0.25) is 4.57 Å². The van der Waals surface area contributed by atoms with Crippen LogP contribution in [-0.2, 0) is 12.2 Å². The lowest BCUT2D eigenvalue weighted by atomic mass is 10.2. The van der Waals surface area contributed by atoms with Crippen molar-refractivity contribution in [3.63, 3.8) is 0 Å². The molecule has 0 saturated heterocycles. The summed E-state index contributed by atoms with van der Waals surface area (Å²) in [6.45, 7) is 2.15. The van der Waals surface area contributed by atoms with Crippen molar-refractivity contribution >= 4 is 23.4 Å². The van der Waals surface area contributed by atoms with Crippen molar-refractivity contribution in [1.29, 1.82) is 0 Å². The Morgan fingerprint density at radius 2 is 2.04 bits per heavy atom. The van der Waals surface area contributed by atoms with Gasteiger partial charge in [-0.15, -0.1) is 10.2 Å². The first-order valence-corrected chi connectivity index (χ1v) is 11.3. The highest BCUT2D eigenvalue weighted by Gasteiger charge is 2.26. The molecule has 6 nitrogen and oxygen atoms in total. The van der Waals surface area contributed by atoms with Gasteiger partial charge in [0.05, 0.1) is 10.8 Å². The standard InChI is InChI=1S/C20H24ClN5OS/c1-2-3-12-18-22-17(25-27-18)13-28-20-24-23-19(15-10-6-7-11-16(15)21)26(20)14-8-4-5-9-14/h6-7,10-11,14H,2-5,8-9,12-13H2,1H3. The minimum atomic E-state index is 0.411. The normalized spacial score (nSPS) is 14.8. The first kappa shape index (κ1) is 19.5. The third kappa shape index (κ3) is 4.25. The fourth-order valence-corrected chi connectivity index (χ4v) is 4.67. The van der Waals surface area contributed by atoms with E-state index in [9.17, 15) is 0 Å². The van der Waals surface area contributed by atoms with Gasteiger partial charge in [0.25, 0.3) is 0 Å². The van der Waals surface area contributed by atoms with Crippen LogP contribution in [0.2, 0.25) is 5.02 Å². The molecule has 4 rings (SSSR count). The average molecular weight is 418 g/mol. The van der Waals surface area contributed by atoms with Crippen molar-refractivity contribution in [2.24, 2.45) is 0 Å². The molecule has 1 aromatic carbocycles. The summed E-state index contributed by atoms with van der Waals surface area (Å²) >= 11 is 8.05. The number of hydrogen-bond acceptors (Lipinski definition) is 6. The van der Waals surface area contributed by atoms with Gasteiger partial charge in [-0.1, -0.05) is 66.8 Å². The van der Waals surface area contributed by atoms with Crippen LogP contribution in [-0.4, -0.2) is 24.9 Å². The molecule has 1 aliphatic carbocycles. The van der Waals surface area contributed by atoms with Crippen molar-refractivity contribution in [2.45, 2.75) is 68.8 Å². The minimum Gasteiger partial charge on any atom is -0.339 e. The fourth-order valence-electron chi connectivity index (χ4n) is 3.60. The Balaban J connectivity index is 1.57. The van der Waals surface area contributed by atoms with E-state index in [1.54, 1.807) is 11.8 Å². The van der Waals surface area contributed by atoms with Crippen LogP contribution < -0.4 is 0 Å². The van der Waals surface area contributed by atoms with E-state index in [0.717, 1.165) is 48.6 Å². The van der Waals surface area contributed by atoms with Crippen LogP contribution in [0.1, 0.15) is 63.2 Å². The maximum Gasteiger partial charge on any atom is 0.226 e. The fraction of sp³-hybridized carbons (Fsp3) is 0.500. The summed E-state index contributed by atoms with van der Waals surface area (Å²) in [5.74, 6) is 2.88. The van der Waals surface area contributed by atoms with Gasteiger partial charge in [0.15, 0.2) is 16.8 Å². The maximum atomic E-state index is 6.44. The van der Waals surface area contributed by atoms with Gasteiger partial charge in [0.1, 0.15) is 0 Å². The smallest absolute Gasteiger partial charge is 0.226 e. The van der Waals surface area contributed by atoms with Crippen LogP contribution >= 0.6 is 23.4 Å². The number of nitrogens with zero attached hydrogens (tertiary/aromatic N) is 5. The molecule has 1 aliphatic rings. The monoisotopic (exact) mass is 417 g/mol. The Morgan fingerprint density at radius 3 is 2.82 bits per heavy atom. The quantitative estimate of drug-likeness (QED) is 0.436. The largest absolute Gasteiger partial charge is 0.339 e. The highest BCUT2D eigenvalue weighted by atomic mass is 35.5. The number of halogens is 1. The van der Waals surface area contributed by atoms with Crippen LogP contribution in [0.3, 0.4) is 0 Å². The molecule has 148 valence electrons. The Morgan fingerprint density at radius 1 is 1.21 bits per heavy atom. The molecular weight excluding hydrogens is 394 g/mol. The first-order valence-electron chi connectivity index (χ1n) is 9.90. The van der Waals surface area contributed by atoms with Gasteiger partial charge in [-0.2, -0.15) is 4.98 Å².